The van der Waals surface area contributed by atoms with Gasteiger partial charge in [0.2, 0.25) is 0 Å². The van der Waals surface area contributed by atoms with E-state index in [2.05, 4.69) is 30.4 Å². The summed E-state index contributed by atoms with van der Waals surface area (Å²) in [5, 5.41) is 3.41. The summed E-state index contributed by atoms with van der Waals surface area (Å²) in [4.78, 5) is 14.8. The highest BCUT2D eigenvalue weighted by molar-refractivity contribution is 5.96. The van der Waals surface area contributed by atoms with Gasteiger partial charge in [0.25, 0.3) is 5.91 Å². The maximum atomic E-state index is 12.8. The lowest BCUT2D eigenvalue weighted by molar-refractivity contribution is 0.0723. The number of likely N-dealkylation sites (tertiary alicyclic amines) is 1. The van der Waals surface area contributed by atoms with Crippen LogP contribution < -0.4 is 5.32 Å². The van der Waals surface area contributed by atoms with Gasteiger partial charge in [-0.3, -0.25) is 4.79 Å². The first-order chi connectivity index (χ1) is 10.3. The van der Waals surface area contributed by atoms with Crippen molar-refractivity contribution in [1.82, 2.24) is 10.2 Å². The third-order valence-electron chi connectivity index (χ3n) is 4.95. The second-order valence-electron chi connectivity index (χ2n) is 6.45. The van der Waals surface area contributed by atoms with Gasteiger partial charge in [-0.25, -0.2) is 0 Å². The molecule has 1 aromatic carbocycles. The van der Waals surface area contributed by atoms with Crippen molar-refractivity contribution in [3.63, 3.8) is 0 Å². The third kappa shape index (κ3) is 3.29. The Labute approximate surface area is 127 Å². The summed E-state index contributed by atoms with van der Waals surface area (Å²) in [7, 11) is 0. The molecule has 1 N–H and O–H groups in total. The molecule has 1 amide bonds. The van der Waals surface area contributed by atoms with Crippen LogP contribution >= 0.6 is 0 Å². The van der Waals surface area contributed by atoms with E-state index in [1.54, 1.807) is 0 Å². The maximum Gasteiger partial charge on any atom is 0.254 e. The zero-order valence-corrected chi connectivity index (χ0v) is 13.0. The summed E-state index contributed by atoms with van der Waals surface area (Å²) in [6.45, 7) is 6.09. The molecule has 0 aromatic heterocycles. The summed E-state index contributed by atoms with van der Waals surface area (Å²) < 4.78 is 0. The Morgan fingerprint density at radius 3 is 2.57 bits per heavy atom. The lowest BCUT2D eigenvalue weighted by atomic mass is 9.88. The fraction of sp³-hybridized carbons (Fsp3) is 0.611. The van der Waals surface area contributed by atoms with Crippen LogP contribution in [0.4, 0.5) is 0 Å². The van der Waals surface area contributed by atoms with Crippen molar-refractivity contribution in [3.8, 4) is 0 Å². The zero-order chi connectivity index (χ0) is 14.7. The van der Waals surface area contributed by atoms with Crippen molar-refractivity contribution in [2.45, 2.75) is 44.9 Å². The molecule has 0 atom stereocenters. The first-order valence-corrected chi connectivity index (χ1v) is 8.36. The summed E-state index contributed by atoms with van der Waals surface area (Å²) in [6, 6.07) is 6.52. The Kier molecular flexibility index (Phi) is 4.59. The summed E-state index contributed by atoms with van der Waals surface area (Å²) in [5.74, 6) is 0.850. The molecule has 3 nitrogen and oxygen atoms in total. The van der Waals surface area contributed by atoms with Gasteiger partial charge in [0.15, 0.2) is 0 Å². The van der Waals surface area contributed by atoms with Gasteiger partial charge in [-0.2, -0.15) is 0 Å². The van der Waals surface area contributed by atoms with Crippen molar-refractivity contribution in [2.75, 3.05) is 26.2 Å². The second-order valence-corrected chi connectivity index (χ2v) is 6.45. The quantitative estimate of drug-likeness (QED) is 0.906. The smallest absolute Gasteiger partial charge is 0.254 e. The molecule has 0 spiro atoms. The molecule has 2 fully saturated rings. The van der Waals surface area contributed by atoms with E-state index in [1.807, 2.05) is 4.90 Å². The van der Waals surface area contributed by atoms with Crippen molar-refractivity contribution in [3.05, 3.63) is 34.9 Å². The van der Waals surface area contributed by atoms with Crippen molar-refractivity contribution >= 4 is 5.91 Å². The van der Waals surface area contributed by atoms with E-state index >= 15 is 0 Å². The lowest BCUT2D eigenvalue weighted by Gasteiger charge is -2.28. The van der Waals surface area contributed by atoms with Crippen LogP contribution in [0.3, 0.4) is 0 Å². The minimum atomic E-state index is 0.239. The molecule has 0 unspecified atom stereocenters. The Morgan fingerprint density at radius 1 is 1.14 bits per heavy atom. The number of nitrogens with zero attached hydrogens (tertiary/aromatic N) is 1. The van der Waals surface area contributed by atoms with Gasteiger partial charge < -0.3 is 10.2 Å². The highest BCUT2D eigenvalue weighted by Crippen LogP contribution is 2.27. The standard InChI is InChI=1S/C18H26N2O/c1-14-5-6-16(15-7-9-19-10-8-15)13-17(14)18(21)20-11-3-2-4-12-20/h5-6,13,15,19H,2-4,7-12H2,1H3. The van der Waals surface area contributed by atoms with Gasteiger partial charge >= 0.3 is 0 Å². The van der Waals surface area contributed by atoms with E-state index in [4.69, 9.17) is 0 Å². The first-order valence-electron chi connectivity index (χ1n) is 8.36. The van der Waals surface area contributed by atoms with Crippen LogP contribution in [0.2, 0.25) is 0 Å². The number of aryl methyl sites for hydroxylation is 1. The highest BCUT2D eigenvalue weighted by Gasteiger charge is 2.22. The van der Waals surface area contributed by atoms with Crippen LogP contribution in [0.15, 0.2) is 18.2 Å². The van der Waals surface area contributed by atoms with E-state index < -0.39 is 0 Å². The molecule has 3 rings (SSSR count). The summed E-state index contributed by atoms with van der Waals surface area (Å²) in [6.07, 6.45) is 5.93. The molecule has 0 aliphatic carbocycles. The highest BCUT2D eigenvalue weighted by atomic mass is 16.2. The molecule has 114 valence electrons. The third-order valence-corrected chi connectivity index (χ3v) is 4.95. The Balaban J connectivity index is 1.81. The normalized spacial score (nSPS) is 20.5. The molecule has 3 heteroatoms. The Hall–Kier alpha value is -1.35. The van der Waals surface area contributed by atoms with Gasteiger partial charge in [-0.05, 0) is 75.2 Å². The average Bonchev–Trinajstić information content (AvgIpc) is 2.56. The van der Waals surface area contributed by atoms with Crippen LogP contribution in [-0.4, -0.2) is 37.0 Å². The molecule has 2 heterocycles. The molecule has 0 saturated carbocycles. The van der Waals surface area contributed by atoms with Crippen LogP contribution in [0, 0.1) is 6.92 Å². The number of amides is 1. The molecule has 2 aliphatic rings. The van der Waals surface area contributed by atoms with Gasteiger partial charge in [0.1, 0.15) is 0 Å². The molecule has 2 aliphatic heterocycles. The average molecular weight is 286 g/mol. The number of carbonyl (C=O) groups is 1. The fourth-order valence-electron chi connectivity index (χ4n) is 3.55. The number of carbonyl (C=O) groups excluding carboxylic acids is 1. The van der Waals surface area contributed by atoms with Gasteiger partial charge in [0.05, 0.1) is 0 Å². The number of hydrogen-bond donors (Lipinski definition) is 1. The molecular formula is C18H26N2O. The molecule has 2 saturated heterocycles. The molecule has 21 heavy (non-hydrogen) atoms. The fourth-order valence-corrected chi connectivity index (χ4v) is 3.55. The molecular weight excluding hydrogens is 260 g/mol. The van der Waals surface area contributed by atoms with Gasteiger partial charge in [-0.1, -0.05) is 12.1 Å². The molecule has 1 aromatic rings. The minimum Gasteiger partial charge on any atom is -0.339 e. The van der Waals surface area contributed by atoms with Crippen molar-refractivity contribution < 1.29 is 4.79 Å². The van der Waals surface area contributed by atoms with Crippen LogP contribution in [0.1, 0.15) is 59.5 Å². The summed E-state index contributed by atoms with van der Waals surface area (Å²) >= 11 is 0. The second kappa shape index (κ2) is 6.61. The van der Waals surface area contributed by atoms with Crippen molar-refractivity contribution in [1.29, 1.82) is 0 Å². The van der Waals surface area contributed by atoms with Gasteiger partial charge in [0, 0.05) is 18.7 Å². The van der Waals surface area contributed by atoms with Crippen LogP contribution in [0.25, 0.3) is 0 Å². The van der Waals surface area contributed by atoms with Gasteiger partial charge in [-0.15, -0.1) is 0 Å². The number of benzene rings is 1. The predicted octanol–water partition coefficient (Wildman–Crippen LogP) is 3.09. The van der Waals surface area contributed by atoms with Crippen molar-refractivity contribution in [2.24, 2.45) is 0 Å². The number of nitrogens with one attached hydrogen (secondary N) is 1. The number of rotatable bonds is 2. The topological polar surface area (TPSA) is 32.3 Å². The lowest BCUT2D eigenvalue weighted by Crippen LogP contribution is -2.36. The maximum absolute atomic E-state index is 12.8. The van der Waals surface area contributed by atoms with Crippen LogP contribution in [0.5, 0.6) is 0 Å². The minimum absolute atomic E-state index is 0.239. The van der Waals surface area contributed by atoms with E-state index in [9.17, 15) is 4.79 Å². The monoisotopic (exact) mass is 286 g/mol. The molecule has 0 bridgehead atoms. The molecule has 0 radical (unpaired) electrons. The Bertz CT molecular complexity index is 500. The largest absolute Gasteiger partial charge is 0.339 e. The van der Waals surface area contributed by atoms with E-state index in [1.165, 1.54) is 24.8 Å². The number of hydrogen-bond acceptors (Lipinski definition) is 2. The SMILES string of the molecule is Cc1ccc(C2CCNCC2)cc1C(=O)N1CCCCC1. The zero-order valence-electron chi connectivity index (χ0n) is 13.0. The van der Waals surface area contributed by atoms with E-state index in [0.29, 0.717) is 5.92 Å². The summed E-state index contributed by atoms with van der Waals surface area (Å²) in [5.41, 5.74) is 3.39. The van der Waals surface area contributed by atoms with E-state index in [0.717, 1.165) is 50.1 Å². The van der Waals surface area contributed by atoms with E-state index in [-0.39, 0.29) is 5.91 Å². The Morgan fingerprint density at radius 2 is 1.86 bits per heavy atom. The number of piperidine rings is 2. The predicted molar refractivity (Wildman–Crippen MR) is 85.8 cm³/mol. The first kappa shape index (κ1) is 14.6. The van der Waals surface area contributed by atoms with Crippen LogP contribution in [-0.2, 0) is 0 Å².